The number of carbonyl (C=O) groups is 2. The Labute approximate surface area is 138 Å². The first-order chi connectivity index (χ1) is 11.0. The topological polar surface area (TPSA) is 57.6 Å². The van der Waals surface area contributed by atoms with Crippen LogP contribution < -0.4 is 0 Å². The van der Waals surface area contributed by atoms with Gasteiger partial charge in [-0.15, -0.1) is 0 Å². The predicted molar refractivity (Wildman–Crippen MR) is 90.0 cm³/mol. The molecule has 0 spiro atoms. The lowest BCUT2D eigenvalue weighted by atomic mass is 9.86. The largest absolute Gasteiger partial charge is 0.481 e. The van der Waals surface area contributed by atoms with Gasteiger partial charge in [-0.3, -0.25) is 9.59 Å². The second-order valence-corrected chi connectivity index (χ2v) is 6.91. The van der Waals surface area contributed by atoms with Crippen LogP contribution in [0.25, 0.3) is 0 Å². The number of nitrogens with zero attached hydrogens (tertiary/aromatic N) is 1. The Morgan fingerprint density at radius 3 is 2.30 bits per heavy atom. The summed E-state index contributed by atoms with van der Waals surface area (Å²) in [5.74, 6) is -0.0208. The van der Waals surface area contributed by atoms with Gasteiger partial charge in [0, 0.05) is 25.4 Å². The van der Waals surface area contributed by atoms with E-state index in [0.717, 1.165) is 19.3 Å². The molecule has 1 aromatic rings. The van der Waals surface area contributed by atoms with Crippen molar-refractivity contribution in [2.24, 2.45) is 17.8 Å². The number of carboxylic acids is 1. The number of aliphatic carboxylic acids is 1. The predicted octanol–water partition coefficient (Wildman–Crippen LogP) is 3.21. The van der Waals surface area contributed by atoms with Crippen LogP contribution in [0.15, 0.2) is 30.3 Å². The molecule has 1 atom stereocenters. The van der Waals surface area contributed by atoms with Crippen LogP contribution in [0.4, 0.5) is 0 Å². The van der Waals surface area contributed by atoms with Crippen LogP contribution in [0.3, 0.4) is 0 Å². The molecule has 1 heterocycles. The van der Waals surface area contributed by atoms with E-state index in [-0.39, 0.29) is 24.2 Å². The van der Waals surface area contributed by atoms with E-state index >= 15 is 0 Å². The zero-order valence-electron chi connectivity index (χ0n) is 14.1. The molecule has 126 valence electrons. The lowest BCUT2D eigenvalue weighted by molar-refractivity contribution is -0.140. The zero-order chi connectivity index (χ0) is 16.8. The highest BCUT2D eigenvalue weighted by atomic mass is 16.4. The molecular weight excluding hydrogens is 290 g/mol. The molecular formula is C19H27NO3. The highest BCUT2D eigenvalue weighted by Gasteiger charge is 2.30. The summed E-state index contributed by atoms with van der Waals surface area (Å²) in [5.41, 5.74) is 1.19. The maximum absolute atomic E-state index is 12.9. The first-order valence-electron chi connectivity index (χ1n) is 8.52. The molecule has 2 rings (SSSR count). The van der Waals surface area contributed by atoms with Crippen LogP contribution in [0.2, 0.25) is 0 Å². The molecule has 0 radical (unpaired) electrons. The smallest absolute Gasteiger partial charge is 0.303 e. The van der Waals surface area contributed by atoms with Crippen LogP contribution in [0.1, 0.15) is 38.7 Å². The number of amides is 1. The van der Waals surface area contributed by atoms with Crippen molar-refractivity contribution >= 4 is 11.9 Å². The highest BCUT2D eigenvalue weighted by Crippen LogP contribution is 2.25. The van der Waals surface area contributed by atoms with Crippen molar-refractivity contribution in [3.05, 3.63) is 35.9 Å². The Kier molecular flexibility index (Phi) is 6.20. The van der Waals surface area contributed by atoms with Gasteiger partial charge in [0.25, 0.3) is 0 Å². The summed E-state index contributed by atoms with van der Waals surface area (Å²) in [4.78, 5) is 25.6. The van der Waals surface area contributed by atoms with Gasteiger partial charge < -0.3 is 10.0 Å². The molecule has 4 heteroatoms. The molecule has 1 saturated heterocycles. The minimum atomic E-state index is -0.737. The van der Waals surface area contributed by atoms with Gasteiger partial charge in [0.15, 0.2) is 0 Å². The fourth-order valence-corrected chi connectivity index (χ4v) is 3.32. The third kappa shape index (κ3) is 5.08. The van der Waals surface area contributed by atoms with E-state index in [4.69, 9.17) is 5.11 Å². The van der Waals surface area contributed by atoms with Crippen molar-refractivity contribution in [3.8, 4) is 0 Å². The quantitative estimate of drug-likeness (QED) is 0.876. The lowest BCUT2D eigenvalue weighted by Gasteiger charge is -2.35. The molecule has 23 heavy (non-hydrogen) atoms. The second kappa shape index (κ2) is 8.14. The minimum Gasteiger partial charge on any atom is -0.481 e. The molecule has 1 aliphatic rings. The van der Waals surface area contributed by atoms with Crippen LogP contribution in [-0.2, 0) is 16.0 Å². The Morgan fingerprint density at radius 2 is 1.78 bits per heavy atom. The summed E-state index contributed by atoms with van der Waals surface area (Å²) in [6, 6.07) is 10.1. The molecule has 1 N–H and O–H groups in total. The van der Waals surface area contributed by atoms with Crippen molar-refractivity contribution in [1.82, 2.24) is 4.90 Å². The molecule has 0 aromatic heterocycles. The van der Waals surface area contributed by atoms with Gasteiger partial charge in [-0.2, -0.15) is 0 Å². The van der Waals surface area contributed by atoms with E-state index in [1.165, 1.54) is 5.56 Å². The Bertz CT molecular complexity index is 519. The van der Waals surface area contributed by atoms with Crippen LogP contribution in [-0.4, -0.2) is 35.0 Å². The molecule has 1 unspecified atom stereocenters. The summed E-state index contributed by atoms with van der Waals surface area (Å²) in [5, 5.41) is 8.89. The van der Waals surface area contributed by atoms with Crippen molar-refractivity contribution < 1.29 is 14.7 Å². The summed E-state index contributed by atoms with van der Waals surface area (Å²) >= 11 is 0. The minimum absolute atomic E-state index is 0.00609. The highest BCUT2D eigenvalue weighted by molar-refractivity contribution is 5.79. The third-order valence-corrected chi connectivity index (χ3v) is 4.81. The number of carbonyl (C=O) groups excluding carboxylic acids is 1. The Morgan fingerprint density at radius 1 is 1.17 bits per heavy atom. The van der Waals surface area contributed by atoms with Gasteiger partial charge in [-0.25, -0.2) is 0 Å². The number of carboxylic acid groups (broad SMARTS) is 1. The fourth-order valence-electron chi connectivity index (χ4n) is 3.32. The molecule has 0 aliphatic carbocycles. The van der Waals surface area contributed by atoms with Gasteiger partial charge in [-0.1, -0.05) is 44.2 Å². The third-order valence-electron chi connectivity index (χ3n) is 4.81. The van der Waals surface area contributed by atoms with Crippen LogP contribution >= 0.6 is 0 Å². The van der Waals surface area contributed by atoms with Gasteiger partial charge in [-0.05, 0) is 36.7 Å². The number of rotatable bonds is 6. The van der Waals surface area contributed by atoms with E-state index in [9.17, 15) is 9.59 Å². The number of hydrogen-bond donors (Lipinski definition) is 1. The van der Waals surface area contributed by atoms with E-state index in [2.05, 4.69) is 26.0 Å². The number of hydrogen-bond acceptors (Lipinski definition) is 2. The van der Waals surface area contributed by atoms with E-state index in [0.29, 0.717) is 19.0 Å². The fraction of sp³-hybridized carbons (Fsp3) is 0.579. The monoisotopic (exact) mass is 317 g/mol. The molecule has 4 nitrogen and oxygen atoms in total. The normalized spacial score (nSPS) is 17.3. The number of piperidine rings is 1. The molecule has 0 bridgehead atoms. The van der Waals surface area contributed by atoms with Gasteiger partial charge in [0.2, 0.25) is 5.91 Å². The average molecular weight is 317 g/mol. The van der Waals surface area contributed by atoms with Crippen molar-refractivity contribution in [1.29, 1.82) is 0 Å². The molecule has 1 aliphatic heterocycles. The summed E-state index contributed by atoms with van der Waals surface area (Å²) in [6.45, 7) is 5.58. The first kappa shape index (κ1) is 17.5. The van der Waals surface area contributed by atoms with Crippen LogP contribution in [0, 0.1) is 17.8 Å². The summed E-state index contributed by atoms with van der Waals surface area (Å²) in [6.07, 6.45) is 2.59. The number of benzene rings is 1. The van der Waals surface area contributed by atoms with Gasteiger partial charge in [0.05, 0.1) is 0 Å². The average Bonchev–Trinajstić information content (AvgIpc) is 2.53. The Balaban J connectivity index is 1.95. The standard InChI is InChI=1S/C19H27NO3/c1-14(2)17(12-15-6-4-3-5-7-15)19(23)20-10-8-16(9-11-20)13-18(21)22/h3-7,14,16-17H,8-13H2,1-2H3,(H,21,22). The molecule has 0 saturated carbocycles. The maximum Gasteiger partial charge on any atom is 0.303 e. The first-order valence-corrected chi connectivity index (χ1v) is 8.52. The van der Waals surface area contributed by atoms with Gasteiger partial charge in [0.1, 0.15) is 0 Å². The summed E-state index contributed by atoms with van der Waals surface area (Å²) < 4.78 is 0. The molecule has 1 aromatic carbocycles. The summed E-state index contributed by atoms with van der Waals surface area (Å²) in [7, 11) is 0. The van der Waals surface area contributed by atoms with E-state index in [1.54, 1.807) is 0 Å². The van der Waals surface area contributed by atoms with Gasteiger partial charge >= 0.3 is 5.97 Å². The molecule has 1 fully saturated rings. The van der Waals surface area contributed by atoms with Crippen LogP contribution in [0.5, 0.6) is 0 Å². The lowest BCUT2D eigenvalue weighted by Crippen LogP contribution is -2.44. The van der Waals surface area contributed by atoms with Crippen molar-refractivity contribution in [2.75, 3.05) is 13.1 Å². The number of likely N-dealkylation sites (tertiary alicyclic amines) is 1. The zero-order valence-corrected chi connectivity index (χ0v) is 14.1. The van der Waals surface area contributed by atoms with Crippen molar-refractivity contribution in [3.63, 3.8) is 0 Å². The van der Waals surface area contributed by atoms with E-state index < -0.39 is 5.97 Å². The SMILES string of the molecule is CC(C)C(Cc1ccccc1)C(=O)N1CCC(CC(=O)O)CC1. The Hall–Kier alpha value is -1.84. The maximum atomic E-state index is 12.9. The van der Waals surface area contributed by atoms with Crippen molar-refractivity contribution in [2.45, 2.75) is 39.5 Å². The molecule has 1 amide bonds. The van der Waals surface area contributed by atoms with E-state index in [1.807, 2.05) is 23.1 Å². The second-order valence-electron chi connectivity index (χ2n) is 6.91.